The van der Waals surface area contributed by atoms with Crippen molar-refractivity contribution in [2.75, 3.05) is 5.32 Å². The minimum atomic E-state index is -0.350. The maximum Gasteiger partial charge on any atom is 0.260 e. The lowest BCUT2D eigenvalue weighted by Crippen LogP contribution is -2.13. The molecule has 0 unspecified atom stereocenters. The SMILES string of the molecule is Cc1nn(-c2ccc(F)cc2)c(Cl)c1C(=O)Nc1cccc(C(C)C)c1. The van der Waals surface area contributed by atoms with E-state index in [0.717, 1.165) is 5.56 Å². The number of hydrogen-bond donors (Lipinski definition) is 1. The molecule has 3 aromatic rings. The van der Waals surface area contributed by atoms with E-state index in [0.29, 0.717) is 28.6 Å². The number of aryl methyl sites for hydroxylation is 1. The summed E-state index contributed by atoms with van der Waals surface area (Å²) in [5.74, 6) is -0.322. The normalized spacial score (nSPS) is 11.0. The van der Waals surface area contributed by atoms with Gasteiger partial charge < -0.3 is 5.32 Å². The molecule has 1 aromatic heterocycles. The minimum Gasteiger partial charge on any atom is -0.322 e. The van der Waals surface area contributed by atoms with Crippen molar-refractivity contribution in [2.24, 2.45) is 0 Å². The van der Waals surface area contributed by atoms with Crippen LogP contribution in [-0.4, -0.2) is 15.7 Å². The highest BCUT2D eigenvalue weighted by molar-refractivity contribution is 6.34. The quantitative estimate of drug-likeness (QED) is 0.672. The Morgan fingerprint density at radius 2 is 1.88 bits per heavy atom. The van der Waals surface area contributed by atoms with Crippen molar-refractivity contribution in [3.05, 3.63) is 76.3 Å². The minimum absolute atomic E-state index is 0.187. The Morgan fingerprint density at radius 3 is 2.54 bits per heavy atom. The second-order valence-electron chi connectivity index (χ2n) is 6.37. The number of hydrogen-bond acceptors (Lipinski definition) is 2. The predicted octanol–water partition coefficient (Wildman–Crippen LogP) is 5.35. The van der Waals surface area contributed by atoms with Crippen molar-refractivity contribution in [1.82, 2.24) is 9.78 Å². The molecule has 1 heterocycles. The third-order valence-corrected chi connectivity index (χ3v) is 4.46. The van der Waals surface area contributed by atoms with Crippen molar-refractivity contribution in [2.45, 2.75) is 26.7 Å². The van der Waals surface area contributed by atoms with Crippen LogP contribution in [-0.2, 0) is 0 Å². The fraction of sp³-hybridized carbons (Fsp3) is 0.200. The standard InChI is InChI=1S/C20H19ClFN3O/c1-12(2)14-5-4-6-16(11-14)23-20(26)18-13(3)24-25(19(18)21)17-9-7-15(22)8-10-17/h4-12H,1-3H3,(H,23,26). The van der Waals surface area contributed by atoms with E-state index in [1.54, 1.807) is 19.1 Å². The van der Waals surface area contributed by atoms with E-state index in [1.165, 1.54) is 16.8 Å². The Labute approximate surface area is 156 Å². The van der Waals surface area contributed by atoms with Crippen LogP contribution in [0.4, 0.5) is 10.1 Å². The van der Waals surface area contributed by atoms with E-state index in [-0.39, 0.29) is 16.9 Å². The van der Waals surface area contributed by atoms with Crippen LogP contribution in [0.15, 0.2) is 48.5 Å². The van der Waals surface area contributed by atoms with Gasteiger partial charge in [-0.3, -0.25) is 4.79 Å². The van der Waals surface area contributed by atoms with E-state index in [4.69, 9.17) is 11.6 Å². The summed E-state index contributed by atoms with van der Waals surface area (Å²) in [6, 6.07) is 13.4. The van der Waals surface area contributed by atoms with Gasteiger partial charge in [-0.2, -0.15) is 5.10 Å². The van der Waals surface area contributed by atoms with Crippen molar-refractivity contribution >= 4 is 23.2 Å². The third-order valence-electron chi connectivity index (χ3n) is 4.11. The lowest BCUT2D eigenvalue weighted by molar-refractivity contribution is 0.102. The molecule has 0 bridgehead atoms. The van der Waals surface area contributed by atoms with Gasteiger partial charge in [-0.05, 0) is 54.8 Å². The number of rotatable bonds is 4. The van der Waals surface area contributed by atoms with E-state index >= 15 is 0 Å². The Hall–Kier alpha value is -2.66. The summed E-state index contributed by atoms with van der Waals surface area (Å²) < 4.78 is 14.5. The number of nitrogens with one attached hydrogen (secondary N) is 1. The molecular formula is C20H19ClFN3O. The molecule has 26 heavy (non-hydrogen) atoms. The Bertz CT molecular complexity index is 948. The summed E-state index contributed by atoms with van der Waals surface area (Å²) in [5, 5.41) is 7.38. The Morgan fingerprint density at radius 1 is 1.19 bits per heavy atom. The molecule has 0 atom stereocenters. The van der Waals surface area contributed by atoms with Crippen LogP contribution in [0.2, 0.25) is 5.15 Å². The maximum atomic E-state index is 13.1. The highest BCUT2D eigenvalue weighted by atomic mass is 35.5. The first-order valence-electron chi connectivity index (χ1n) is 8.29. The van der Waals surface area contributed by atoms with Gasteiger partial charge in [0.1, 0.15) is 16.5 Å². The molecule has 0 fully saturated rings. The maximum absolute atomic E-state index is 13.1. The summed E-state index contributed by atoms with van der Waals surface area (Å²) >= 11 is 6.39. The van der Waals surface area contributed by atoms with Crippen LogP contribution >= 0.6 is 11.6 Å². The predicted molar refractivity (Wildman–Crippen MR) is 102 cm³/mol. The monoisotopic (exact) mass is 371 g/mol. The summed E-state index contributed by atoms with van der Waals surface area (Å²) in [6.45, 7) is 5.90. The Kier molecular flexibility index (Phi) is 5.09. The molecule has 1 amide bonds. The van der Waals surface area contributed by atoms with Gasteiger partial charge >= 0.3 is 0 Å². The lowest BCUT2D eigenvalue weighted by Gasteiger charge is -2.09. The molecule has 134 valence electrons. The molecular weight excluding hydrogens is 353 g/mol. The van der Waals surface area contributed by atoms with E-state index in [2.05, 4.69) is 24.3 Å². The molecule has 0 aliphatic carbocycles. The molecule has 0 aliphatic rings. The first-order valence-corrected chi connectivity index (χ1v) is 8.67. The second kappa shape index (κ2) is 7.30. The summed E-state index contributed by atoms with van der Waals surface area (Å²) in [5.41, 5.74) is 3.21. The number of amides is 1. The number of carbonyl (C=O) groups excluding carboxylic acids is 1. The molecule has 1 N–H and O–H groups in total. The van der Waals surface area contributed by atoms with E-state index in [9.17, 15) is 9.18 Å². The molecule has 4 nitrogen and oxygen atoms in total. The number of nitrogens with zero attached hydrogens (tertiary/aromatic N) is 2. The number of aromatic nitrogens is 2. The number of benzene rings is 2. The molecule has 0 saturated carbocycles. The highest BCUT2D eigenvalue weighted by Gasteiger charge is 2.21. The first kappa shape index (κ1) is 18.1. The van der Waals surface area contributed by atoms with Gasteiger partial charge in [-0.15, -0.1) is 0 Å². The number of carbonyl (C=O) groups is 1. The van der Waals surface area contributed by atoms with Gasteiger partial charge in [0, 0.05) is 5.69 Å². The van der Waals surface area contributed by atoms with Crippen LogP contribution in [0.5, 0.6) is 0 Å². The molecule has 0 spiro atoms. The fourth-order valence-corrected chi connectivity index (χ4v) is 3.04. The zero-order valence-corrected chi connectivity index (χ0v) is 15.5. The zero-order chi connectivity index (χ0) is 18.8. The van der Waals surface area contributed by atoms with E-state index in [1.807, 2.05) is 24.3 Å². The molecule has 3 rings (SSSR count). The van der Waals surface area contributed by atoms with Gasteiger partial charge in [0.15, 0.2) is 0 Å². The van der Waals surface area contributed by atoms with Crippen molar-refractivity contribution < 1.29 is 9.18 Å². The topological polar surface area (TPSA) is 46.9 Å². The van der Waals surface area contributed by atoms with Crippen LogP contribution in [0, 0.1) is 12.7 Å². The van der Waals surface area contributed by atoms with E-state index < -0.39 is 0 Å². The van der Waals surface area contributed by atoms with Crippen LogP contribution < -0.4 is 5.32 Å². The van der Waals surface area contributed by atoms with Gasteiger partial charge in [0.25, 0.3) is 5.91 Å². The fourth-order valence-electron chi connectivity index (χ4n) is 2.68. The van der Waals surface area contributed by atoms with Crippen LogP contribution in [0.25, 0.3) is 5.69 Å². The largest absolute Gasteiger partial charge is 0.322 e. The average Bonchev–Trinajstić information content (AvgIpc) is 2.90. The second-order valence-corrected chi connectivity index (χ2v) is 6.73. The summed E-state index contributed by atoms with van der Waals surface area (Å²) in [4.78, 5) is 12.7. The van der Waals surface area contributed by atoms with Gasteiger partial charge in [0.2, 0.25) is 0 Å². The number of halogens is 2. The summed E-state index contributed by atoms with van der Waals surface area (Å²) in [6.07, 6.45) is 0. The highest BCUT2D eigenvalue weighted by Crippen LogP contribution is 2.25. The summed E-state index contributed by atoms with van der Waals surface area (Å²) in [7, 11) is 0. The smallest absolute Gasteiger partial charge is 0.260 e. The van der Waals surface area contributed by atoms with Gasteiger partial charge in [-0.1, -0.05) is 37.6 Å². The van der Waals surface area contributed by atoms with Crippen molar-refractivity contribution in [3.8, 4) is 5.69 Å². The lowest BCUT2D eigenvalue weighted by atomic mass is 10.0. The third kappa shape index (κ3) is 3.63. The molecule has 6 heteroatoms. The molecule has 2 aromatic carbocycles. The van der Waals surface area contributed by atoms with Crippen LogP contribution in [0.1, 0.15) is 41.4 Å². The van der Waals surface area contributed by atoms with Gasteiger partial charge in [0.05, 0.1) is 11.4 Å². The van der Waals surface area contributed by atoms with Crippen molar-refractivity contribution in [3.63, 3.8) is 0 Å². The number of anilines is 1. The molecule has 0 saturated heterocycles. The van der Waals surface area contributed by atoms with Crippen LogP contribution in [0.3, 0.4) is 0 Å². The first-order chi connectivity index (χ1) is 12.4. The molecule has 0 radical (unpaired) electrons. The Balaban J connectivity index is 1.91. The van der Waals surface area contributed by atoms with Crippen molar-refractivity contribution in [1.29, 1.82) is 0 Å². The zero-order valence-electron chi connectivity index (χ0n) is 14.8. The average molecular weight is 372 g/mol. The van der Waals surface area contributed by atoms with Gasteiger partial charge in [-0.25, -0.2) is 9.07 Å². The molecule has 0 aliphatic heterocycles.